The van der Waals surface area contributed by atoms with Gasteiger partial charge in [-0.15, -0.1) is 0 Å². The van der Waals surface area contributed by atoms with Crippen molar-refractivity contribution in [2.24, 2.45) is 40.2 Å². The second kappa shape index (κ2) is 7.41. The second-order valence-corrected chi connectivity index (χ2v) is 13.5. The van der Waals surface area contributed by atoms with Gasteiger partial charge in [-0.05, 0) is 94.8 Å². The van der Waals surface area contributed by atoms with Gasteiger partial charge in [-0.3, -0.25) is 0 Å². The average molecular weight is 476 g/mol. The first-order chi connectivity index (χ1) is 16.2. The van der Waals surface area contributed by atoms with Gasteiger partial charge in [0.1, 0.15) is 0 Å². The lowest BCUT2D eigenvalue weighted by Gasteiger charge is -2.64. The summed E-state index contributed by atoms with van der Waals surface area (Å²) >= 11 is 0. The number of methoxy groups -OCH3 is 1. The Balaban J connectivity index is 1.07. The van der Waals surface area contributed by atoms with Gasteiger partial charge in [0, 0.05) is 24.9 Å². The molecule has 0 aromatic heterocycles. The Bertz CT molecular complexity index is 840. The molecule has 0 unspecified atom stereocenters. The molecule has 0 aromatic rings. The summed E-state index contributed by atoms with van der Waals surface area (Å²) in [6.45, 7) is 7.85. The second-order valence-electron chi connectivity index (χ2n) is 13.5. The summed E-state index contributed by atoms with van der Waals surface area (Å²) in [6, 6.07) is -0.0836. The van der Waals surface area contributed by atoms with E-state index in [9.17, 15) is 0 Å². The van der Waals surface area contributed by atoms with E-state index in [0.717, 1.165) is 31.3 Å². The molecule has 13 atom stereocenters. The van der Waals surface area contributed by atoms with E-state index in [1.54, 1.807) is 7.11 Å². The predicted octanol–water partition coefficient (Wildman–Crippen LogP) is 4.39. The third-order valence-corrected chi connectivity index (χ3v) is 12.5. The third kappa shape index (κ3) is 2.74. The molecule has 34 heavy (non-hydrogen) atoms. The van der Waals surface area contributed by atoms with E-state index in [1.807, 2.05) is 6.92 Å². The van der Waals surface area contributed by atoms with Gasteiger partial charge in [0.15, 0.2) is 12.1 Å². The molecule has 3 saturated heterocycles. The summed E-state index contributed by atoms with van der Waals surface area (Å²) in [5, 5.41) is 0. The minimum atomic E-state index is -0.309. The molecule has 3 aliphatic heterocycles. The highest BCUT2D eigenvalue weighted by atomic mass is 16.7. The highest BCUT2D eigenvalue weighted by molar-refractivity contribution is 5.26. The summed E-state index contributed by atoms with van der Waals surface area (Å²) in [5.74, 6) is 2.54. The van der Waals surface area contributed by atoms with Crippen LogP contribution >= 0.6 is 0 Å². The number of rotatable bonds is 3. The maximum Gasteiger partial charge on any atom is 0.169 e. The Morgan fingerprint density at radius 1 is 0.941 bits per heavy atom. The molecule has 0 radical (unpaired) electrons. The Kier molecular flexibility index (Phi) is 5.00. The quantitative estimate of drug-likeness (QED) is 0.611. The van der Waals surface area contributed by atoms with Gasteiger partial charge < -0.3 is 29.4 Å². The van der Waals surface area contributed by atoms with E-state index in [-0.39, 0.29) is 42.0 Å². The maximum absolute atomic E-state index is 7.00. The lowest BCUT2D eigenvalue weighted by Crippen LogP contribution is -2.64. The zero-order valence-electron chi connectivity index (χ0n) is 21.6. The minimum absolute atomic E-state index is 0.00896. The topological polar surface area (TPSA) is 72.2 Å². The van der Waals surface area contributed by atoms with Crippen LogP contribution in [0.4, 0.5) is 0 Å². The van der Waals surface area contributed by atoms with E-state index < -0.39 is 0 Å². The fraction of sp³-hybridized carbons (Fsp3) is 1.00. The van der Waals surface area contributed by atoms with Gasteiger partial charge >= 0.3 is 0 Å². The molecule has 7 aliphatic rings. The Morgan fingerprint density at radius 3 is 2.62 bits per heavy atom. The van der Waals surface area contributed by atoms with Crippen molar-refractivity contribution in [3.8, 4) is 0 Å². The molecule has 4 bridgehead atoms. The van der Waals surface area contributed by atoms with Gasteiger partial charge in [0.05, 0.1) is 36.6 Å². The smallest absolute Gasteiger partial charge is 0.169 e. The minimum Gasteiger partial charge on any atom is -0.380 e. The molecule has 7 rings (SSSR count). The molecule has 0 aromatic carbocycles. The van der Waals surface area contributed by atoms with Crippen LogP contribution in [-0.4, -0.2) is 55.7 Å². The van der Waals surface area contributed by atoms with Gasteiger partial charge in [-0.2, -0.15) is 0 Å². The summed E-state index contributed by atoms with van der Waals surface area (Å²) in [4.78, 5) is 0. The zero-order valence-corrected chi connectivity index (χ0v) is 21.6. The fourth-order valence-corrected chi connectivity index (χ4v) is 10.8. The van der Waals surface area contributed by atoms with Crippen LogP contribution in [0.25, 0.3) is 0 Å². The van der Waals surface area contributed by atoms with Crippen molar-refractivity contribution < 1.29 is 23.7 Å². The van der Waals surface area contributed by atoms with Crippen LogP contribution in [0.3, 0.4) is 0 Å². The summed E-state index contributed by atoms with van der Waals surface area (Å²) in [7, 11) is 1.75. The van der Waals surface area contributed by atoms with Gasteiger partial charge in [-0.25, -0.2) is 0 Å². The van der Waals surface area contributed by atoms with Gasteiger partial charge in [-0.1, -0.05) is 6.92 Å². The molecular formula is C28H45NO5. The first-order valence-electron chi connectivity index (χ1n) is 14.2. The monoisotopic (exact) mass is 475 g/mol. The van der Waals surface area contributed by atoms with Crippen LogP contribution in [0.5, 0.6) is 0 Å². The van der Waals surface area contributed by atoms with Crippen molar-refractivity contribution >= 4 is 0 Å². The number of fused-ring (bicyclic) bond motifs is 3. The Labute approximate surface area is 204 Å². The normalized spacial score (nSPS) is 62.2. The Hall–Kier alpha value is -0.240. The van der Waals surface area contributed by atoms with Crippen molar-refractivity contribution in [1.29, 1.82) is 0 Å². The first kappa shape index (κ1) is 22.9. The van der Waals surface area contributed by atoms with Crippen LogP contribution in [0.15, 0.2) is 0 Å². The number of nitrogens with two attached hydrogens (primary N) is 1. The molecular weight excluding hydrogens is 430 g/mol. The van der Waals surface area contributed by atoms with Crippen LogP contribution < -0.4 is 5.73 Å². The van der Waals surface area contributed by atoms with Crippen LogP contribution in [0.2, 0.25) is 0 Å². The van der Waals surface area contributed by atoms with Crippen molar-refractivity contribution in [3.63, 3.8) is 0 Å². The van der Waals surface area contributed by atoms with Gasteiger partial charge in [0.25, 0.3) is 0 Å². The van der Waals surface area contributed by atoms with Gasteiger partial charge in [0.2, 0.25) is 0 Å². The molecule has 3 heterocycles. The van der Waals surface area contributed by atoms with Crippen molar-refractivity contribution in [2.75, 3.05) is 13.7 Å². The van der Waals surface area contributed by atoms with Crippen LogP contribution in [0, 0.1) is 34.5 Å². The van der Waals surface area contributed by atoms with E-state index in [2.05, 4.69) is 13.8 Å². The lowest BCUT2D eigenvalue weighted by atomic mass is 9.43. The van der Waals surface area contributed by atoms with E-state index in [1.165, 1.54) is 51.4 Å². The molecule has 192 valence electrons. The van der Waals surface area contributed by atoms with Crippen molar-refractivity contribution in [1.82, 2.24) is 0 Å². The van der Waals surface area contributed by atoms with Crippen LogP contribution in [0.1, 0.15) is 85.0 Å². The van der Waals surface area contributed by atoms with Crippen molar-refractivity contribution in [2.45, 2.75) is 127 Å². The summed E-state index contributed by atoms with van der Waals surface area (Å²) < 4.78 is 31.6. The first-order valence-corrected chi connectivity index (χ1v) is 14.2. The summed E-state index contributed by atoms with van der Waals surface area (Å²) in [6.07, 6.45) is 12.2. The number of ether oxygens (including phenoxy) is 5. The SMILES string of the molecule is CO[C@@H]1C[C@@H](O[C@H]2CC[C@]3(C)[C@@H](CC[C@@H]4[C@H]3CC[C@@]35CO[C@@]6(C)O[C@@]43CC[C@H]65)C2)O[C@H](C)[C@@H]1N. The maximum atomic E-state index is 7.00. The molecule has 1 spiro atoms. The summed E-state index contributed by atoms with van der Waals surface area (Å²) in [5.41, 5.74) is 7.07. The third-order valence-electron chi connectivity index (χ3n) is 12.5. The molecule has 0 amide bonds. The predicted molar refractivity (Wildman–Crippen MR) is 127 cm³/mol. The van der Waals surface area contributed by atoms with Crippen molar-refractivity contribution in [3.05, 3.63) is 0 Å². The standard InChI is InChI=1S/C28H45NO5/c1-16-24(29)21(30-4)14-23(32-16)33-18-7-10-25(2)17(13-18)5-6-20-19(25)8-11-27-15-31-26(3)22(27)9-12-28(20,27)34-26/h16-24H,5-15,29H2,1-4H3/t16-,17+,18+,19-,20-,21-,22-,23-,24+,25-,26+,27+,28+/m1/s1. The zero-order chi connectivity index (χ0) is 23.5. The van der Waals surface area contributed by atoms with E-state index >= 15 is 0 Å². The molecule has 6 heteroatoms. The number of hydrogen-bond acceptors (Lipinski definition) is 6. The molecule has 4 aliphatic carbocycles. The van der Waals surface area contributed by atoms with E-state index in [4.69, 9.17) is 29.4 Å². The average Bonchev–Trinajstić information content (AvgIpc) is 3.38. The van der Waals surface area contributed by atoms with Crippen LogP contribution in [-0.2, 0) is 23.7 Å². The van der Waals surface area contributed by atoms with E-state index in [0.29, 0.717) is 22.7 Å². The highest BCUT2D eigenvalue weighted by Gasteiger charge is 2.81. The largest absolute Gasteiger partial charge is 0.380 e. The molecule has 6 nitrogen and oxygen atoms in total. The molecule has 4 saturated carbocycles. The number of hydrogen-bond donors (Lipinski definition) is 1. The fourth-order valence-electron chi connectivity index (χ4n) is 10.8. The molecule has 2 N–H and O–H groups in total. The Morgan fingerprint density at radius 2 is 1.79 bits per heavy atom. The highest BCUT2D eigenvalue weighted by Crippen LogP contribution is 2.78. The lowest BCUT2D eigenvalue weighted by molar-refractivity contribution is -0.333. The molecule has 7 fully saturated rings.